The molecule has 0 radical (unpaired) electrons. The van der Waals surface area contributed by atoms with E-state index in [0.717, 1.165) is 22.2 Å². The topological polar surface area (TPSA) is 90.7 Å². The molecule has 0 atom stereocenters. The Labute approximate surface area is 143 Å². The molecule has 25 heavy (non-hydrogen) atoms. The quantitative estimate of drug-likeness (QED) is 0.565. The van der Waals surface area contributed by atoms with Gasteiger partial charge in [-0.15, -0.1) is 0 Å². The highest BCUT2D eigenvalue weighted by molar-refractivity contribution is 5.92. The third kappa shape index (κ3) is 2.67. The van der Waals surface area contributed by atoms with Crippen LogP contribution in [0.4, 0.5) is 0 Å². The van der Waals surface area contributed by atoms with Crippen LogP contribution in [0.3, 0.4) is 0 Å². The largest absolute Gasteiger partial charge is 0.340 e. The molecule has 0 aliphatic heterocycles. The van der Waals surface area contributed by atoms with Crippen LogP contribution in [-0.4, -0.2) is 25.3 Å². The first kappa shape index (κ1) is 14.3. The van der Waals surface area contributed by atoms with Crippen LogP contribution in [0.5, 0.6) is 0 Å². The van der Waals surface area contributed by atoms with Crippen molar-refractivity contribution in [2.24, 2.45) is 0 Å². The molecule has 1 aliphatic rings. The minimum absolute atomic E-state index is 0.374. The lowest BCUT2D eigenvalue weighted by Gasteiger charge is -2.05. The molecule has 4 aromatic rings. The molecular weight excluding hydrogens is 318 g/mol. The molecule has 0 N–H and O–H groups in total. The van der Waals surface area contributed by atoms with Crippen LogP contribution in [0.1, 0.15) is 42.0 Å². The number of fused-ring (bicyclic) bond motifs is 1. The molecule has 0 unspecified atom stereocenters. The number of aromatic nitrogens is 5. The lowest BCUT2D eigenvalue weighted by Crippen LogP contribution is -1.94. The normalized spacial score (nSPS) is 14.3. The number of hydrogen-bond acceptors (Lipinski definition) is 7. The molecule has 7 heteroatoms. The van der Waals surface area contributed by atoms with Crippen LogP contribution in [-0.2, 0) is 6.42 Å². The van der Waals surface area contributed by atoms with Crippen LogP contribution in [0.25, 0.3) is 22.4 Å². The summed E-state index contributed by atoms with van der Waals surface area (Å²) in [6.07, 6.45) is 2.76. The summed E-state index contributed by atoms with van der Waals surface area (Å²) in [6.45, 7) is 1.75. The second kappa shape index (κ2) is 5.47. The second-order valence-electron chi connectivity index (χ2n) is 6.31. The van der Waals surface area contributed by atoms with Crippen molar-refractivity contribution >= 4 is 10.9 Å². The molecule has 1 saturated carbocycles. The first-order chi connectivity index (χ1) is 12.3. The first-order valence-electron chi connectivity index (χ1n) is 8.28. The van der Waals surface area contributed by atoms with Gasteiger partial charge < -0.3 is 9.05 Å². The maximum Gasteiger partial charge on any atom is 0.258 e. The highest BCUT2D eigenvalue weighted by atomic mass is 16.5. The van der Waals surface area contributed by atoms with Crippen LogP contribution < -0.4 is 0 Å². The monoisotopic (exact) mass is 333 g/mol. The summed E-state index contributed by atoms with van der Waals surface area (Å²) in [5, 5.41) is 8.95. The van der Waals surface area contributed by atoms with E-state index < -0.39 is 0 Å². The molecule has 3 aromatic heterocycles. The Hall–Kier alpha value is -3.09. The highest BCUT2D eigenvalue weighted by Gasteiger charge is 2.27. The molecule has 1 aliphatic carbocycles. The molecule has 0 spiro atoms. The van der Waals surface area contributed by atoms with E-state index in [4.69, 9.17) is 14.0 Å². The van der Waals surface area contributed by atoms with Crippen molar-refractivity contribution in [1.82, 2.24) is 25.3 Å². The first-order valence-corrected chi connectivity index (χ1v) is 8.28. The molecule has 7 nitrogen and oxygen atoms in total. The average molecular weight is 333 g/mol. The Morgan fingerprint density at radius 2 is 1.80 bits per heavy atom. The molecule has 3 heterocycles. The number of rotatable bonds is 4. The summed E-state index contributed by atoms with van der Waals surface area (Å²) in [4.78, 5) is 13.5. The Morgan fingerprint density at radius 3 is 2.60 bits per heavy atom. The van der Waals surface area contributed by atoms with Crippen molar-refractivity contribution in [3.8, 4) is 11.5 Å². The molecule has 0 bridgehead atoms. The summed E-state index contributed by atoms with van der Waals surface area (Å²) < 4.78 is 10.5. The van der Waals surface area contributed by atoms with Gasteiger partial charge in [0.05, 0.1) is 17.5 Å². The minimum Gasteiger partial charge on any atom is -0.340 e. The predicted octanol–water partition coefficient (Wildman–Crippen LogP) is 3.44. The van der Waals surface area contributed by atoms with Gasteiger partial charge in [0.2, 0.25) is 5.89 Å². The smallest absolute Gasteiger partial charge is 0.258 e. The standard InChI is InChI=1S/C18H15N5O2/c1-10-19-16(22-24-10)9-17-21-18(25-23-17)13-8-15(11-6-7-11)20-14-5-3-2-4-12(13)14/h2-5,8,11H,6-7,9H2,1H3. The fourth-order valence-corrected chi connectivity index (χ4v) is 2.95. The Kier molecular flexibility index (Phi) is 3.12. The van der Waals surface area contributed by atoms with Gasteiger partial charge in [0.15, 0.2) is 11.6 Å². The lowest BCUT2D eigenvalue weighted by molar-refractivity contribution is 0.387. The summed E-state index contributed by atoms with van der Waals surface area (Å²) in [5.41, 5.74) is 2.98. The summed E-state index contributed by atoms with van der Waals surface area (Å²) in [7, 11) is 0. The van der Waals surface area contributed by atoms with E-state index >= 15 is 0 Å². The molecule has 124 valence electrons. The van der Waals surface area contributed by atoms with E-state index in [1.807, 2.05) is 24.3 Å². The van der Waals surface area contributed by atoms with Crippen molar-refractivity contribution < 1.29 is 9.05 Å². The Bertz CT molecular complexity index is 1060. The van der Waals surface area contributed by atoms with E-state index in [9.17, 15) is 0 Å². The number of para-hydroxylation sites is 1. The maximum atomic E-state index is 5.52. The SMILES string of the molecule is Cc1nc(Cc2noc(-c3cc(C4CC4)nc4ccccc34)n2)no1. The van der Waals surface area contributed by atoms with Gasteiger partial charge in [0, 0.05) is 23.9 Å². The third-order valence-corrected chi connectivity index (χ3v) is 4.32. The van der Waals surface area contributed by atoms with E-state index in [1.165, 1.54) is 12.8 Å². The van der Waals surface area contributed by atoms with E-state index in [-0.39, 0.29) is 0 Å². The van der Waals surface area contributed by atoms with Gasteiger partial charge in [0.1, 0.15) is 0 Å². The Balaban J connectivity index is 1.56. The van der Waals surface area contributed by atoms with Crippen molar-refractivity contribution in [2.45, 2.75) is 32.1 Å². The van der Waals surface area contributed by atoms with Gasteiger partial charge in [-0.3, -0.25) is 4.98 Å². The van der Waals surface area contributed by atoms with Gasteiger partial charge in [0.25, 0.3) is 5.89 Å². The van der Waals surface area contributed by atoms with Crippen LogP contribution in [0.15, 0.2) is 39.4 Å². The minimum atomic E-state index is 0.374. The molecule has 1 aromatic carbocycles. The molecule has 1 fully saturated rings. The summed E-state index contributed by atoms with van der Waals surface area (Å²) >= 11 is 0. The zero-order chi connectivity index (χ0) is 16.8. The fourth-order valence-electron chi connectivity index (χ4n) is 2.95. The van der Waals surface area contributed by atoms with Crippen molar-refractivity contribution in [1.29, 1.82) is 0 Å². The Morgan fingerprint density at radius 1 is 1.00 bits per heavy atom. The van der Waals surface area contributed by atoms with Crippen LogP contribution in [0.2, 0.25) is 0 Å². The maximum absolute atomic E-state index is 5.52. The van der Waals surface area contributed by atoms with E-state index in [2.05, 4.69) is 26.3 Å². The number of nitrogens with zero attached hydrogens (tertiary/aromatic N) is 5. The fraction of sp³-hybridized carbons (Fsp3) is 0.278. The zero-order valence-corrected chi connectivity index (χ0v) is 13.6. The number of pyridine rings is 1. The predicted molar refractivity (Wildman–Crippen MR) is 88.9 cm³/mol. The number of benzene rings is 1. The zero-order valence-electron chi connectivity index (χ0n) is 13.6. The van der Waals surface area contributed by atoms with Gasteiger partial charge in [-0.1, -0.05) is 28.5 Å². The van der Waals surface area contributed by atoms with E-state index in [1.54, 1.807) is 6.92 Å². The van der Waals surface area contributed by atoms with Crippen LogP contribution in [0, 0.1) is 6.92 Å². The summed E-state index contributed by atoms with van der Waals surface area (Å²) in [5.74, 6) is 2.64. The van der Waals surface area contributed by atoms with Gasteiger partial charge in [-0.2, -0.15) is 9.97 Å². The third-order valence-electron chi connectivity index (χ3n) is 4.32. The highest BCUT2D eigenvalue weighted by Crippen LogP contribution is 2.41. The molecule has 5 rings (SSSR count). The van der Waals surface area contributed by atoms with Crippen molar-refractivity contribution in [3.63, 3.8) is 0 Å². The summed E-state index contributed by atoms with van der Waals surface area (Å²) in [6, 6.07) is 10.1. The van der Waals surface area contributed by atoms with Crippen molar-refractivity contribution in [3.05, 3.63) is 53.6 Å². The van der Waals surface area contributed by atoms with Gasteiger partial charge >= 0.3 is 0 Å². The average Bonchev–Trinajstić information content (AvgIpc) is 3.25. The van der Waals surface area contributed by atoms with Gasteiger partial charge in [-0.05, 0) is 25.0 Å². The lowest BCUT2D eigenvalue weighted by atomic mass is 10.1. The van der Waals surface area contributed by atoms with Crippen LogP contribution >= 0.6 is 0 Å². The van der Waals surface area contributed by atoms with Crippen molar-refractivity contribution in [2.75, 3.05) is 0 Å². The number of aryl methyl sites for hydroxylation is 1. The molecule has 0 saturated heterocycles. The van der Waals surface area contributed by atoms with Gasteiger partial charge in [-0.25, -0.2) is 0 Å². The number of hydrogen-bond donors (Lipinski definition) is 0. The molecule has 0 amide bonds. The second-order valence-corrected chi connectivity index (χ2v) is 6.31. The molecular formula is C18H15N5O2. The van der Waals surface area contributed by atoms with E-state index in [0.29, 0.717) is 35.8 Å².